The highest BCUT2D eigenvalue weighted by atomic mass is 16.2. The van der Waals surface area contributed by atoms with Crippen LogP contribution < -0.4 is 11.1 Å². The quantitative estimate of drug-likeness (QED) is 0.711. The normalized spacial score (nSPS) is 23.7. The first-order valence-electron chi connectivity index (χ1n) is 9.24. The molecule has 1 aliphatic carbocycles. The molecule has 0 radical (unpaired) electrons. The fourth-order valence-corrected chi connectivity index (χ4v) is 4.08. The van der Waals surface area contributed by atoms with Gasteiger partial charge in [0.2, 0.25) is 0 Å². The van der Waals surface area contributed by atoms with Gasteiger partial charge in [-0.25, -0.2) is 4.98 Å². The van der Waals surface area contributed by atoms with Gasteiger partial charge in [-0.05, 0) is 37.5 Å². The number of amides is 2. The van der Waals surface area contributed by atoms with Crippen molar-refractivity contribution >= 4 is 34.2 Å². The second kappa shape index (κ2) is 6.59. The number of pyridine rings is 1. The number of nitrogens with one attached hydrogen (secondary N) is 2. The lowest BCUT2D eigenvalue weighted by Gasteiger charge is -2.45. The lowest BCUT2D eigenvalue weighted by Crippen LogP contribution is -2.54. The zero-order valence-electron chi connectivity index (χ0n) is 14.9. The summed E-state index contributed by atoms with van der Waals surface area (Å²) in [6.45, 7) is 2.78. The van der Waals surface area contributed by atoms with Crippen molar-refractivity contribution in [3.05, 3.63) is 12.4 Å². The molecule has 4 rings (SSSR count). The Morgan fingerprint density at radius 2 is 2.08 bits per heavy atom. The topological polar surface area (TPSA) is 117 Å². The van der Waals surface area contributed by atoms with Gasteiger partial charge in [-0.15, -0.1) is 0 Å². The predicted molar refractivity (Wildman–Crippen MR) is 98.2 cm³/mol. The van der Waals surface area contributed by atoms with E-state index < -0.39 is 11.8 Å². The minimum atomic E-state index is -0.633. The van der Waals surface area contributed by atoms with Crippen LogP contribution in [0.15, 0.2) is 12.4 Å². The highest BCUT2D eigenvalue weighted by Gasteiger charge is 2.39. The van der Waals surface area contributed by atoms with E-state index in [2.05, 4.69) is 27.4 Å². The van der Waals surface area contributed by atoms with E-state index in [1.165, 1.54) is 12.6 Å². The van der Waals surface area contributed by atoms with Crippen molar-refractivity contribution in [2.75, 3.05) is 17.6 Å². The molecule has 0 spiro atoms. The van der Waals surface area contributed by atoms with E-state index in [0.29, 0.717) is 40.8 Å². The van der Waals surface area contributed by atoms with Crippen molar-refractivity contribution in [1.82, 2.24) is 20.1 Å². The smallest absolute Gasteiger partial charge is 0.314 e. The minimum absolute atomic E-state index is 0.190. The number of carbonyl (C=O) groups excluding carboxylic acids is 2. The number of aromatic nitrogens is 3. The van der Waals surface area contributed by atoms with Crippen LogP contribution in [0.25, 0.3) is 10.9 Å². The standard InChI is InChI=1S/C18H24N6O2/c1-10-5-6-14(11-3-2-4-11)24(9-10)18(26)17(25)22-13-8-20-16(19)12-7-21-23-15(12)13/h7-8,10-11,14H,2-6,9H2,1H3,(H2,19,20)(H,21,23)(H,22,25)/t10-,14+/m1/s1. The van der Waals surface area contributed by atoms with E-state index in [-0.39, 0.29) is 6.04 Å². The number of aromatic amines is 1. The molecular formula is C18H24N6O2. The van der Waals surface area contributed by atoms with Crippen molar-refractivity contribution in [3.8, 4) is 0 Å². The van der Waals surface area contributed by atoms with Crippen LogP contribution in [0.4, 0.5) is 11.5 Å². The molecule has 8 nitrogen and oxygen atoms in total. The third kappa shape index (κ3) is 2.89. The Morgan fingerprint density at radius 1 is 1.27 bits per heavy atom. The Labute approximate surface area is 151 Å². The summed E-state index contributed by atoms with van der Waals surface area (Å²) >= 11 is 0. The molecule has 3 heterocycles. The summed E-state index contributed by atoms with van der Waals surface area (Å²) in [6.07, 6.45) is 8.63. The maximum absolute atomic E-state index is 12.9. The molecule has 2 fully saturated rings. The Morgan fingerprint density at radius 3 is 2.81 bits per heavy atom. The zero-order chi connectivity index (χ0) is 18.3. The summed E-state index contributed by atoms with van der Waals surface area (Å²) in [4.78, 5) is 31.4. The lowest BCUT2D eigenvalue weighted by molar-refractivity contribution is -0.148. The lowest BCUT2D eigenvalue weighted by atomic mass is 9.75. The zero-order valence-corrected chi connectivity index (χ0v) is 14.9. The number of piperidine rings is 1. The number of hydrogen-bond donors (Lipinski definition) is 3. The average Bonchev–Trinajstić information content (AvgIpc) is 3.07. The second-order valence-corrected chi connectivity index (χ2v) is 7.57. The molecular weight excluding hydrogens is 332 g/mol. The number of H-pyrrole nitrogens is 1. The van der Waals surface area contributed by atoms with Crippen molar-refractivity contribution < 1.29 is 9.59 Å². The molecule has 4 N–H and O–H groups in total. The molecule has 0 aromatic carbocycles. The van der Waals surface area contributed by atoms with Crippen molar-refractivity contribution in [2.45, 2.75) is 45.1 Å². The summed E-state index contributed by atoms with van der Waals surface area (Å²) in [5, 5.41) is 10.0. The molecule has 138 valence electrons. The summed E-state index contributed by atoms with van der Waals surface area (Å²) in [7, 11) is 0. The maximum Gasteiger partial charge on any atom is 0.314 e. The highest BCUT2D eigenvalue weighted by molar-refractivity contribution is 6.40. The molecule has 1 aliphatic heterocycles. The van der Waals surface area contributed by atoms with Crippen LogP contribution in [-0.2, 0) is 9.59 Å². The molecule has 2 atom stereocenters. The number of nitrogens with two attached hydrogens (primary N) is 1. The number of carbonyl (C=O) groups is 2. The molecule has 2 aromatic heterocycles. The Balaban J connectivity index is 1.53. The third-order valence-corrected chi connectivity index (χ3v) is 5.78. The molecule has 2 aromatic rings. The van der Waals surface area contributed by atoms with Crippen LogP contribution in [0, 0.1) is 11.8 Å². The van der Waals surface area contributed by atoms with Gasteiger partial charge >= 0.3 is 11.8 Å². The first-order valence-corrected chi connectivity index (χ1v) is 9.24. The molecule has 26 heavy (non-hydrogen) atoms. The van der Waals surface area contributed by atoms with Gasteiger partial charge in [-0.2, -0.15) is 5.10 Å². The van der Waals surface area contributed by atoms with Gasteiger partial charge in [0.15, 0.2) is 0 Å². The SMILES string of the molecule is C[C@@H]1CC[C@@H](C2CCC2)N(C(=O)C(=O)Nc2cnc(N)c3cn[nH]c23)C1. The summed E-state index contributed by atoms with van der Waals surface area (Å²) in [5.74, 6) is 0.189. The summed E-state index contributed by atoms with van der Waals surface area (Å²) in [6, 6.07) is 0.190. The van der Waals surface area contributed by atoms with Gasteiger partial charge in [0, 0.05) is 12.6 Å². The van der Waals surface area contributed by atoms with Crippen LogP contribution >= 0.6 is 0 Å². The fraction of sp³-hybridized carbons (Fsp3) is 0.556. The van der Waals surface area contributed by atoms with Crippen molar-refractivity contribution in [1.29, 1.82) is 0 Å². The largest absolute Gasteiger partial charge is 0.383 e. The molecule has 0 bridgehead atoms. The molecule has 0 unspecified atom stereocenters. The van der Waals surface area contributed by atoms with E-state index >= 15 is 0 Å². The minimum Gasteiger partial charge on any atom is -0.383 e. The molecule has 2 amide bonds. The van der Waals surface area contributed by atoms with Crippen LogP contribution in [-0.4, -0.2) is 44.5 Å². The van der Waals surface area contributed by atoms with E-state index in [1.807, 2.05) is 0 Å². The van der Waals surface area contributed by atoms with Crippen LogP contribution in [0.3, 0.4) is 0 Å². The van der Waals surface area contributed by atoms with Gasteiger partial charge in [0.25, 0.3) is 0 Å². The molecule has 8 heteroatoms. The first-order chi connectivity index (χ1) is 12.5. The number of hydrogen-bond acceptors (Lipinski definition) is 5. The number of nitrogens with zero attached hydrogens (tertiary/aromatic N) is 3. The van der Waals surface area contributed by atoms with Gasteiger partial charge in [0.05, 0.1) is 29.0 Å². The highest BCUT2D eigenvalue weighted by Crippen LogP contribution is 2.37. The second-order valence-electron chi connectivity index (χ2n) is 7.57. The maximum atomic E-state index is 12.9. The van der Waals surface area contributed by atoms with E-state index in [4.69, 9.17) is 5.73 Å². The summed E-state index contributed by atoms with van der Waals surface area (Å²) in [5.41, 5.74) is 6.79. The van der Waals surface area contributed by atoms with Crippen molar-refractivity contribution in [3.63, 3.8) is 0 Å². The Bertz CT molecular complexity index is 843. The monoisotopic (exact) mass is 356 g/mol. The van der Waals surface area contributed by atoms with E-state index in [9.17, 15) is 9.59 Å². The van der Waals surface area contributed by atoms with Crippen LogP contribution in [0.5, 0.6) is 0 Å². The first kappa shape index (κ1) is 16.8. The van der Waals surface area contributed by atoms with Gasteiger partial charge < -0.3 is 16.0 Å². The van der Waals surface area contributed by atoms with Crippen molar-refractivity contribution in [2.24, 2.45) is 11.8 Å². The number of likely N-dealkylation sites (tertiary alicyclic amines) is 1. The number of rotatable bonds is 2. The fourth-order valence-electron chi connectivity index (χ4n) is 4.08. The van der Waals surface area contributed by atoms with Gasteiger partial charge in [0.1, 0.15) is 5.82 Å². The molecule has 1 saturated carbocycles. The van der Waals surface area contributed by atoms with E-state index in [0.717, 1.165) is 25.7 Å². The Kier molecular flexibility index (Phi) is 4.26. The molecule has 1 saturated heterocycles. The molecule has 2 aliphatic rings. The summed E-state index contributed by atoms with van der Waals surface area (Å²) < 4.78 is 0. The number of fused-ring (bicyclic) bond motifs is 1. The predicted octanol–water partition coefficient (Wildman–Crippen LogP) is 1.91. The number of anilines is 2. The Hall–Kier alpha value is -2.64. The third-order valence-electron chi connectivity index (χ3n) is 5.78. The van der Waals surface area contributed by atoms with E-state index in [1.54, 1.807) is 11.1 Å². The van der Waals surface area contributed by atoms with Crippen LogP contribution in [0.1, 0.15) is 39.0 Å². The van der Waals surface area contributed by atoms with Gasteiger partial charge in [-0.3, -0.25) is 14.7 Å². The average molecular weight is 356 g/mol. The van der Waals surface area contributed by atoms with Gasteiger partial charge in [-0.1, -0.05) is 13.3 Å². The van der Waals surface area contributed by atoms with Crippen LogP contribution in [0.2, 0.25) is 0 Å². The number of nitrogen functional groups attached to an aromatic ring is 1.